The van der Waals surface area contributed by atoms with E-state index >= 15 is 0 Å². The lowest BCUT2D eigenvalue weighted by atomic mass is 9.78. The molecule has 0 spiro atoms. The van der Waals surface area contributed by atoms with E-state index in [1.165, 1.54) is 0 Å². The van der Waals surface area contributed by atoms with Gasteiger partial charge in [0.15, 0.2) is 6.29 Å². The van der Waals surface area contributed by atoms with Crippen molar-refractivity contribution in [1.29, 1.82) is 0 Å². The summed E-state index contributed by atoms with van der Waals surface area (Å²) in [5.74, 6) is -1.02. The molecule has 1 N–H and O–H groups in total. The quantitative estimate of drug-likeness (QED) is 0.694. The van der Waals surface area contributed by atoms with Crippen LogP contribution in [-0.2, 0) is 9.59 Å². The van der Waals surface area contributed by atoms with Crippen LogP contribution in [-0.4, -0.2) is 17.4 Å². The molecule has 1 aliphatic rings. The second kappa shape index (κ2) is 4.24. The number of carbonyl (C=O) groups is 1. The Balaban J connectivity index is 2.53. The first-order valence-electron chi connectivity index (χ1n) is 4.33. The van der Waals surface area contributed by atoms with Crippen LogP contribution in [0.15, 0.2) is 0 Å². The Morgan fingerprint density at radius 1 is 1.42 bits per heavy atom. The van der Waals surface area contributed by atoms with Gasteiger partial charge in [-0.3, -0.25) is 9.59 Å². The molecule has 0 heterocycles. The topological polar surface area (TPSA) is 54.4 Å². The van der Waals surface area contributed by atoms with Gasteiger partial charge >= 0.3 is 5.97 Å². The van der Waals surface area contributed by atoms with Crippen LogP contribution >= 0.6 is 0 Å². The molecule has 3 nitrogen and oxygen atoms in total. The molecule has 2 unspecified atom stereocenters. The Morgan fingerprint density at radius 3 is 2.67 bits per heavy atom. The molecule has 1 rings (SSSR count). The zero-order valence-electron chi connectivity index (χ0n) is 6.95. The van der Waals surface area contributed by atoms with Crippen molar-refractivity contribution in [2.75, 3.05) is 0 Å². The number of hydrogen-bond acceptors (Lipinski definition) is 2. The van der Waals surface area contributed by atoms with E-state index in [0.29, 0.717) is 0 Å². The largest absolute Gasteiger partial charge is 0.481 e. The Kier molecular flexibility index (Phi) is 3.26. The van der Waals surface area contributed by atoms with Gasteiger partial charge in [0.25, 0.3) is 0 Å². The third-order valence-corrected chi connectivity index (χ3v) is 2.57. The summed E-state index contributed by atoms with van der Waals surface area (Å²) in [6, 6.07) is 0. The second-order valence-corrected chi connectivity index (χ2v) is 3.34. The molecule has 0 aromatic heterocycles. The molecule has 3 heteroatoms. The van der Waals surface area contributed by atoms with Gasteiger partial charge in [0.1, 0.15) is 0 Å². The SMILES string of the molecule is O=[C]CC1CCCCC1C(=O)O. The predicted octanol–water partition coefficient (Wildman–Crippen LogP) is 1.38. The summed E-state index contributed by atoms with van der Waals surface area (Å²) in [6.07, 6.45) is 5.72. The summed E-state index contributed by atoms with van der Waals surface area (Å²) < 4.78 is 0. The molecule has 1 saturated carbocycles. The lowest BCUT2D eigenvalue weighted by molar-refractivity contribution is -0.144. The average Bonchev–Trinajstić information content (AvgIpc) is 2.05. The van der Waals surface area contributed by atoms with Crippen molar-refractivity contribution < 1.29 is 14.7 Å². The molecule has 1 radical (unpaired) electrons. The number of aliphatic carboxylic acids is 1. The van der Waals surface area contributed by atoms with E-state index in [-0.39, 0.29) is 18.3 Å². The van der Waals surface area contributed by atoms with E-state index in [0.717, 1.165) is 25.7 Å². The monoisotopic (exact) mass is 169 g/mol. The van der Waals surface area contributed by atoms with Gasteiger partial charge in [0, 0.05) is 6.42 Å². The van der Waals surface area contributed by atoms with Gasteiger partial charge in [0.05, 0.1) is 5.92 Å². The lowest BCUT2D eigenvalue weighted by Crippen LogP contribution is -2.27. The molecule has 12 heavy (non-hydrogen) atoms. The Labute approximate surface area is 71.8 Å². The Hall–Kier alpha value is -0.860. The summed E-state index contributed by atoms with van der Waals surface area (Å²) in [5.41, 5.74) is 0. The number of carboxylic acid groups (broad SMARTS) is 1. The van der Waals surface area contributed by atoms with Gasteiger partial charge < -0.3 is 5.11 Å². The van der Waals surface area contributed by atoms with E-state index in [1.54, 1.807) is 0 Å². The number of carboxylic acids is 1. The minimum atomic E-state index is -0.755. The van der Waals surface area contributed by atoms with Crippen molar-refractivity contribution in [3.8, 4) is 0 Å². The van der Waals surface area contributed by atoms with E-state index < -0.39 is 5.97 Å². The molecule has 2 atom stereocenters. The normalized spacial score (nSPS) is 29.7. The van der Waals surface area contributed by atoms with Gasteiger partial charge in [0.2, 0.25) is 0 Å². The summed E-state index contributed by atoms with van der Waals surface area (Å²) in [4.78, 5) is 20.8. The first-order chi connectivity index (χ1) is 5.75. The fourth-order valence-electron chi connectivity index (χ4n) is 1.88. The van der Waals surface area contributed by atoms with Gasteiger partial charge in [-0.1, -0.05) is 12.8 Å². The van der Waals surface area contributed by atoms with Gasteiger partial charge in [-0.25, -0.2) is 0 Å². The van der Waals surface area contributed by atoms with Crippen LogP contribution in [0, 0.1) is 11.8 Å². The van der Waals surface area contributed by atoms with Crippen LogP contribution in [0.25, 0.3) is 0 Å². The molecule has 0 aromatic rings. The molecule has 0 saturated heterocycles. The highest BCUT2D eigenvalue weighted by molar-refractivity contribution is 5.71. The van der Waals surface area contributed by atoms with E-state index in [1.807, 2.05) is 6.29 Å². The fraction of sp³-hybridized carbons (Fsp3) is 0.778. The van der Waals surface area contributed by atoms with Crippen molar-refractivity contribution in [2.45, 2.75) is 32.1 Å². The van der Waals surface area contributed by atoms with Crippen molar-refractivity contribution >= 4 is 12.3 Å². The van der Waals surface area contributed by atoms with Crippen LogP contribution in [0.5, 0.6) is 0 Å². The van der Waals surface area contributed by atoms with Crippen LogP contribution in [0.4, 0.5) is 0 Å². The van der Waals surface area contributed by atoms with Crippen LogP contribution in [0.1, 0.15) is 32.1 Å². The highest BCUT2D eigenvalue weighted by Gasteiger charge is 2.30. The number of carbonyl (C=O) groups excluding carboxylic acids is 1. The Morgan fingerprint density at radius 2 is 2.08 bits per heavy atom. The standard InChI is InChI=1S/C9H13O3/c10-6-5-7-3-1-2-4-8(7)9(11)12/h7-8H,1-5H2,(H,11,12). The molecule has 0 aliphatic heterocycles. The summed E-state index contributed by atoms with van der Waals surface area (Å²) in [5, 5.41) is 8.81. The maximum atomic E-state index is 10.7. The minimum Gasteiger partial charge on any atom is -0.481 e. The predicted molar refractivity (Wildman–Crippen MR) is 43.4 cm³/mol. The third-order valence-electron chi connectivity index (χ3n) is 2.57. The number of hydrogen-bond donors (Lipinski definition) is 1. The van der Waals surface area contributed by atoms with Gasteiger partial charge in [-0.15, -0.1) is 0 Å². The lowest BCUT2D eigenvalue weighted by Gasteiger charge is -2.26. The molecule has 0 amide bonds. The molecule has 0 bridgehead atoms. The zero-order chi connectivity index (χ0) is 8.97. The average molecular weight is 169 g/mol. The first kappa shape index (κ1) is 9.23. The zero-order valence-corrected chi connectivity index (χ0v) is 6.95. The molecular formula is C9H13O3. The van der Waals surface area contributed by atoms with Crippen molar-refractivity contribution in [2.24, 2.45) is 11.8 Å². The third kappa shape index (κ3) is 2.06. The van der Waals surface area contributed by atoms with Gasteiger partial charge in [-0.2, -0.15) is 0 Å². The summed E-state index contributed by atoms with van der Waals surface area (Å²) in [6.45, 7) is 0. The molecular weight excluding hydrogens is 156 g/mol. The highest BCUT2D eigenvalue weighted by Crippen LogP contribution is 2.31. The molecule has 1 fully saturated rings. The maximum Gasteiger partial charge on any atom is 0.306 e. The second-order valence-electron chi connectivity index (χ2n) is 3.34. The van der Waals surface area contributed by atoms with Crippen molar-refractivity contribution in [3.63, 3.8) is 0 Å². The maximum absolute atomic E-state index is 10.7. The molecule has 0 aromatic carbocycles. The Bertz CT molecular complexity index is 177. The summed E-state index contributed by atoms with van der Waals surface area (Å²) in [7, 11) is 0. The van der Waals surface area contributed by atoms with E-state index in [9.17, 15) is 9.59 Å². The van der Waals surface area contributed by atoms with Crippen LogP contribution in [0.3, 0.4) is 0 Å². The van der Waals surface area contributed by atoms with Crippen molar-refractivity contribution in [1.82, 2.24) is 0 Å². The van der Waals surface area contributed by atoms with E-state index in [4.69, 9.17) is 5.11 Å². The molecule has 1 aliphatic carbocycles. The summed E-state index contributed by atoms with van der Waals surface area (Å²) >= 11 is 0. The molecule has 67 valence electrons. The fourth-order valence-corrected chi connectivity index (χ4v) is 1.88. The number of rotatable bonds is 3. The van der Waals surface area contributed by atoms with Crippen LogP contribution in [0.2, 0.25) is 0 Å². The van der Waals surface area contributed by atoms with Crippen LogP contribution < -0.4 is 0 Å². The van der Waals surface area contributed by atoms with Gasteiger partial charge in [-0.05, 0) is 18.8 Å². The van der Waals surface area contributed by atoms with E-state index in [2.05, 4.69) is 0 Å². The smallest absolute Gasteiger partial charge is 0.306 e. The first-order valence-corrected chi connectivity index (χ1v) is 4.33. The van der Waals surface area contributed by atoms with Crippen molar-refractivity contribution in [3.05, 3.63) is 0 Å². The highest BCUT2D eigenvalue weighted by atomic mass is 16.4. The minimum absolute atomic E-state index is 0.0359.